The van der Waals surface area contributed by atoms with Crippen LogP contribution in [-0.4, -0.2) is 46.4 Å². The molecule has 0 radical (unpaired) electrons. The monoisotopic (exact) mass is 647 g/mol. The minimum Gasteiger partial charge on any atom is -0.465 e. The molecule has 2 aromatic heterocycles. The van der Waals surface area contributed by atoms with Gasteiger partial charge in [0.15, 0.2) is 5.82 Å². The first kappa shape index (κ1) is 33.3. The van der Waals surface area contributed by atoms with Crippen LogP contribution in [-0.2, 0) is 30.0 Å². The molecule has 5 rings (SSSR count). The van der Waals surface area contributed by atoms with Crippen LogP contribution >= 0.6 is 7.75 Å². The van der Waals surface area contributed by atoms with E-state index in [1.54, 1.807) is 19.1 Å². The maximum absolute atomic E-state index is 14.5. The van der Waals surface area contributed by atoms with Crippen molar-refractivity contribution >= 4 is 52.2 Å². The number of imidazole rings is 1. The zero-order valence-electron chi connectivity index (χ0n) is 26.8. The van der Waals surface area contributed by atoms with Crippen molar-refractivity contribution < 1.29 is 27.9 Å². The number of esters is 1. The topological polar surface area (TPSA) is 140 Å². The number of anilines is 1. The van der Waals surface area contributed by atoms with Gasteiger partial charge in [-0.25, -0.2) is 14.5 Å². The third kappa shape index (κ3) is 7.50. The first-order chi connectivity index (χ1) is 22.3. The van der Waals surface area contributed by atoms with E-state index >= 15 is 0 Å². The summed E-state index contributed by atoms with van der Waals surface area (Å²) in [6, 6.07) is 19.6. The van der Waals surface area contributed by atoms with E-state index in [-0.39, 0.29) is 25.9 Å². The van der Waals surface area contributed by atoms with Crippen molar-refractivity contribution in [2.45, 2.75) is 65.6 Å². The number of nitrogens with one attached hydrogen (secondary N) is 1. The van der Waals surface area contributed by atoms with Crippen LogP contribution < -0.4 is 15.3 Å². The number of ether oxygens (including phenoxy) is 2. The quantitative estimate of drug-likeness (QED) is 0.0635. The number of unbranched alkanes of at least 4 members (excludes halogenated alkanes) is 1. The number of benzene rings is 3. The third-order valence-corrected chi connectivity index (χ3v) is 9.37. The molecule has 2 heterocycles. The molecule has 0 fully saturated rings. The summed E-state index contributed by atoms with van der Waals surface area (Å²) in [5.41, 5.74) is 8.47. The first-order valence-corrected chi connectivity index (χ1v) is 17.3. The van der Waals surface area contributed by atoms with Crippen molar-refractivity contribution in [1.29, 1.82) is 0 Å². The van der Waals surface area contributed by atoms with Crippen LogP contribution in [0.15, 0.2) is 66.7 Å². The summed E-state index contributed by atoms with van der Waals surface area (Å²) in [6.45, 7) is 8.49. The van der Waals surface area contributed by atoms with Gasteiger partial charge in [-0.05, 0) is 55.7 Å². The summed E-state index contributed by atoms with van der Waals surface area (Å²) < 4.78 is 40.0. The molecule has 0 saturated heterocycles. The number of fused-ring (bicyclic) bond motifs is 4. The molecule has 3 atom stereocenters. The Kier molecular flexibility index (Phi) is 10.9. The van der Waals surface area contributed by atoms with Gasteiger partial charge in [-0.3, -0.25) is 9.32 Å². The number of aromatic nitrogens is 3. The molecule has 0 spiro atoms. The highest BCUT2D eigenvalue weighted by atomic mass is 31.2. The average molecular weight is 648 g/mol. The number of nitrogens with two attached hydrogens (primary N) is 1. The maximum Gasteiger partial charge on any atom is 0.459 e. The Morgan fingerprint density at radius 1 is 1.02 bits per heavy atom. The van der Waals surface area contributed by atoms with E-state index in [2.05, 4.69) is 10.1 Å². The largest absolute Gasteiger partial charge is 0.465 e. The number of hydrogen-bond acceptors (Lipinski definition) is 9. The fourth-order valence-electron chi connectivity index (χ4n) is 5.30. The number of hydrogen-bond donors (Lipinski definition) is 2. The second-order valence-corrected chi connectivity index (χ2v) is 12.8. The van der Waals surface area contributed by atoms with Gasteiger partial charge in [0.25, 0.3) is 0 Å². The zero-order valence-corrected chi connectivity index (χ0v) is 27.7. The molecule has 3 N–H and O–H groups in total. The molecule has 0 aliphatic heterocycles. The van der Waals surface area contributed by atoms with Gasteiger partial charge in [-0.15, -0.1) is 0 Å². The second kappa shape index (κ2) is 15.0. The highest BCUT2D eigenvalue weighted by molar-refractivity contribution is 7.52. The summed E-state index contributed by atoms with van der Waals surface area (Å²) in [6.07, 6.45) is 2.20. The lowest BCUT2D eigenvalue weighted by molar-refractivity contribution is -0.145. The lowest BCUT2D eigenvalue weighted by atomic mass is 10.1. The Hall–Kier alpha value is -4.02. The van der Waals surface area contributed by atoms with Gasteiger partial charge in [0.05, 0.1) is 30.3 Å². The van der Waals surface area contributed by atoms with Crippen LogP contribution in [0.4, 0.5) is 5.82 Å². The molecule has 46 heavy (non-hydrogen) atoms. The normalized spacial score (nSPS) is 14.3. The Morgan fingerprint density at radius 2 is 1.78 bits per heavy atom. The average Bonchev–Trinajstić information content (AvgIpc) is 3.44. The van der Waals surface area contributed by atoms with Gasteiger partial charge < -0.3 is 24.3 Å². The molecule has 0 aliphatic rings. The predicted molar refractivity (Wildman–Crippen MR) is 181 cm³/mol. The van der Waals surface area contributed by atoms with E-state index in [1.807, 2.05) is 79.9 Å². The first-order valence-electron chi connectivity index (χ1n) is 15.8. The second-order valence-electron chi connectivity index (χ2n) is 11.1. The molecule has 11 nitrogen and oxygen atoms in total. The lowest BCUT2D eigenvalue weighted by Gasteiger charge is -2.26. The van der Waals surface area contributed by atoms with E-state index in [1.165, 1.54) is 0 Å². The minimum atomic E-state index is -4.14. The fraction of sp³-hybridized carbons (Fsp3) is 0.382. The predicted octanol–water partition coefficient (Wildman–Crippen LogP) is 7.33. The lowest BCUT2D eigenvalue weighted by Crippen LogP contribution is -2.35. The van der Waals surface area contributed by atoms with E-state index < -0.39 is 19.8 Å². The van der Waals surface area contributed by atoms with Crippen LogP contribution in [0.2, 0.25) is 0 Å². The molecule has 0 saturated carbocycles. The number of pyridine rings is 1. The fourth-order valence-corrected chi connectivity index (χ4v) is 6.82. The summed E-state index contributed by atoms with van der Waals surface area (Å²) in [5, 5.41) is 5.61. The third-order valence-electron chi connectivity index (χ3n) is 7.73. The van der Waals surface area contributed by atoms with Crippen molar-refractivity contribution in [2.75, 3.05) is 25.6 Å². The number of rotatable bonds is 16. The van der Waals surface area contributed by atoms with Gasteiger partial charge >= 0.3 is 13.7 Å². The molecular weight excluding hydrogens is 605 g/mol. The van der Waals surface area contributed by atoms with Crippen LogP contribution in [0, 0.1) is 0 Å². The molecule has 0 bridgehead atoms. The summed E-state index contributed by atoms with van der Waals surface area (Å²) in [4.78, 5) is 22.2. The van der Waals surface area contributed by atoms with Crippen molar-refractivity contribution in [2.24, 2.45) is 0 Å². The maximum atomic E-state index is 14.5. The molecule has 0 aliphatic carbocycles. The number of carbonyl (C=O) groups is 1. The van der Waals surface area contributed by atoms with E-state index in [0.29, 0.717) is 35.9 Å². The van der Waals surface area contributed by atoms with E-state index in [0.717, 1.165) is 40.0 Å². The minimum absolute atomic E-state index is 0.0346. The number of nitrogens with zero attached hydrogens (tertiary/aromatic N) is 3. The van der Waals surface area contributed by atoms with Gasteiger partial charge in [0.1, 0.15) is 29.7 Å². The molecule has 12 heteroatoms. The van der Waals surface area contributed by atoms with Gasteiger partial charge in [-0.2, -0.15) is 5.09 Å². The summed E-state index contributed by atoms with van der Waals surface area (Å²) >= 11 is 0. The van der Waals surface area contributed by atoms with Crippen LogP contribution in [0.5, 0.6) is 5.75 Å². The Morgan fingerprint density at radius 3 is 2.54 bits per heavy atom. The van der Waals surface area contributed by atoms with E-state index in [9.17, 15) is 9.36 Å². The molecule has 244 valence electrons. The highest BCUT2D eigenvalue weighted by Crippen LogP contribution is 2.47. The van der Waals surface area contributed by atoms with Crippen molar-refractivity contribution in [3.63, 3.8) is 0 Å². The van der Waals surface area contributed by atoms with Gasteiger partial charge in [0, 0.05) is 12.0 Å². The Balaban J connectivity index is 1.50. The zero-order chi connectivity index (χ0) is 32.7. The van der Waals surface area contributed by atoms with E-state index in [4.69, 9.17) is 29.2 Å². The molecular formula is C34H42N5O6P. The summed E-state index contributed by atoms with van der Waals surface area (Å²) in [5.74, 6) is 0.746. The number of carbonyl (C=O) groups excluding carboxylic acids is 1. The molecule has 0 amide bonds. The van der Waals surface area contributed by atoms with Crippen LogP contribution in [0.3, 0.4) is 0 Å². The van der Waals surface area contributed by atoms with Crippen LogP contribution in [0.25, 0.3) is 32.7 Å². The van der Waals surface area contributed by atoms with Crippen LogP contribution in [0.1, 0.15) is 58.8 Å². The summed E-state index contributed by atoms with van der Waals surface area (Å²) in [7, 11) is -4.14. The number of para-hydroxylation sites is 1. The van der Waals surface area contributed by atoms with Crippen molar-refractivity contribution in [3.8, 4) is 5.75 Å². The van der Waals surface area contributed by atoms with Gasteiger partial charge in [-0.1, -0.05) is 68.8 Å². The SMILES string of the molecule is CCCCOC(=O)[C@H](C)N[P@](=O)(OC[C@@H](CC)n1c(COCC)nc2c(N)nc3ccccc3c21)Oc1ccc2ccccc2c1. The molecule has 3 aromatic carbocycles. The van der Waals surface area contributed by atoms with Gasteiger partial charge in [0.2, 0.25) is 0 Å². The number of nitrogen functional groups attached to an aromatic ring is 1. The smallest absolute Gasteiger partial charge is 0.459 e. The molecule has 5 aromatic rings. The Labute approximate surface area is 269 Å². The standard InChI is InChI=1S/C34H42N5O6P/c1-5-8-19-43-34(40)23(4)38-46(41,45-27-18-17-24-13-9-10-14-25(24)20-27)44-21-26(6-2)39-30(22-42-7-3)37-31-32(39)28-15-11-12-16-29(28)36-33(31)35/h9-18,20,23,26H,5-8,19,21-22H2,1-4H3,(H2,35,36)(H,38,41)/t23-,26+,46-/m0/s1. The van der Waals surface area contributed by atoms with Crippen molar-refractivity contribution in [3.05, 3.63) is 72.6 Å². The van der Waals surface area contributed by atoms with Crippen molar-refractivity contribution in [1.82, 2.24) is 19.6 Å². The Bertz CT molecular complexity index is 1860. The highest BCUT2D eigenvalue weighted by Gasteiger charge is 2.34. The molecule has 0 unspecified atom stereocenters.